The summed E-state index contributed by atoms with van der Waals surface area (Å²) in [6.07, 6.45) is 1.97. The molecule has 106 valence electrons. The monoisotopic (exact) mass is 308 g/mol. The summed E-state index contributed by atoms with van der Waals surface area (Å²) in [7, 11) is 0. The van der Waals surface area contributed by atoms with Gasteiger partial charge in [0.25, 0.3) is 0 Å². The number of aromatic nitrogens is 2. The number of thioether (sulfide) groups is 1. The van der Waals surface area contributed by atoms with E-state index in [1.807, 2.05) is 30.3 Å². The molecule has 3 N–H and O–H groups in total. The first-order valence-corrected chi connectivity index (χ1v) is 7.79. The van der Waals surface area contributed by atoms with Crippen LogP contribution in [0.2, 0.25) is 5.02 Å². The fourth-order valence-corrected chi connectivity index (χ4v) is 2.84. The molecule has 0 fully saturated rings. The number of hydrogen-bond acceptors (Lipinski definition) is 5. The molecular formula is C14H17ClN4S. The van der Waals surface area contributed by atoms with Crippen LogP contribution in [0.1, 0.15) is 24.9 Å². The van der Waals surface area contributed by atoms with Gasteiger partial charge in [-0.15, -0.1) is 11.8 Å². The highest BCUT2D eigenvalue weighted by Gasteiger charge is 2.05. The van der Waals surface area contributed by atoms with E-state index < -0.39 is 0 Å². The third-order valence-corrected chi connectivity index (χ3v) is 3.87. The van der Waals surface area contributed by atoms with E-state index in [9.17, 15) is 0 Å². The molecule has 1 aromatic carbocycles. The number of nitrogens with zero attached hydrogens (tertiary/aromatic N) is 2. The van der Waals surface area contributed by atoms with Gasteiger partial charge in [-0.25, -0.2) is 15.8 Å². The van der Waals surface area contributed by atoms with Gasteiger partial charge in [-0.05, 0) is 24.6 Å². The van der Waals surface area contributed by atoms with Crippen molar-refractivity contribution in [1.29, 1.82) is 0 Å². The SMILES string of the molecule is CCCc1cc(NN)nc(CSc2cccc(Cl)c2)n1. The Morgan fingerprint density at radius 3 is 2.85 bits per heavy atom. The van der Waals surface area contributed by atoms with E-state index in [0.717, 1.165) is 34.3 Å². The maximum atomic E-state index is 5.97. The van der Waals surface area contributed by atoms with Crippen molar-refractivity contribution in [1.82, 2.24) is 9.97 Å². The van der Waals surface area contributed by atoms with Crippen LogP contribution in [0.5, 0.6) is 0 Å². The van der Waals surface area contributed by atoms with Crippen LogP contribution in [0.15, 0.2) is 35.2 Å². The molecule has 0 spiro atoms. The zero-order chi connectivity index (χ0) is 14.4. The maximum absolute atomic E-state index is 5.97. The van der Waals surface area contributed by atoms with Crippen molar-refractivity contribution in [2.75, 3.05) is 5.43 Å². The molecule has 1 aromatic heterocycles. The number of aryl methyl sites for hydroxylation is 1. The number of hydrogen-bond donors (Lipinski definition) is 2. The van der Waals surface area contributed by atoms with E-state index in [0.29, 0.717) is 11.6 Å². The van der Waals surface area contributed by atoms with Crippen molar-refractivity contribution in [3.05, 3.63) is 46.9 Å². The van der Waals surface area contributed by atoms with Crippen molar-refractivity contribution in [3.63, 3.8) is 0 Å². The predicted molar refractivity (Wildman–Crippen MR) is 84.9 cm³/mol. The number of hydrazine groups is 1. The molecule has 0 bridgehead atoms. The predicted octanol–water partition coefficient (Wildman–Crippen LogP) is 3.66. The standard InChI is InChI=1S/C14H17ClN4S/c1-2-4-11-8-13(19-16)18-14(17-11)9-20-12-6-3-5-10(15)7-12/h3,5-8H,2,4,9,16H2,1H3,(H,17,18,19). The quantitative estimate of drug-likeness (QED) is 0.484. The van der Waals surface area contributed by atoms with Gasteiger partial charge in [-0.3, -0.25) is 0 Å². The van der Waals surface area contributed by atoms with E-state index in [1.54, 1.807) is 11.8 Å². The second-order valence-electron chi connectivity index (χ2n) is 4.30. The molecule has 20 heavy (non-hydrogen) atoms. The number of nitrogen functional groups attached to an aromatic ring is 1. The Kier molecular flexibility index (Phi) is 5.64. The lowest BCUT2D eigenvalue weighted by atomic mass is 10.2. The Labute approximate surface area is 128 Å². The molecule has 4 nitrogen and oxygen atoms in total. The normalized spacial score (nSPS) is 10.6. The summed E-state index contributed by atoms with van der Waals surface area (Å²) in [6.45, 7) is 2.12. The number of halogens is 1. The van der Waals surface area contributed by atoms with E-state index in [-0.39, 0.29) is 0 Å². The summed E-state index contributed by atoms with van der Waals surface area (Å²) in [6, 6.07) is 9.64. The summed E-state index contributed by atoms with van der Waals surface area (Å²) < 4.78 is 0. The molecule has 6 heteroatoms. The smallest absolute Gasteiger partial charge is 0.143 e. The van der Waals surface area contributed by atoms with Crippen LogP contribution in [0, 0.1) is 0 Å². The largest absolute Gasteiger partial charge is 0.308 e. The number of rotatable bonds is 6. The van der Waals surface area contributed by atoms with E-state index in [2.05, 4.69) is 22.3 Å². The van der Waals surface area contributed by atoms with Gasteiger partial charge in [0, 0.05) is 21.7 Å². The zero-order valence-corrected chi connectivity index (χ0v) is 12.8. The molecule has 2 rings (SSSR count). The third kappa shape index (κ3) is 4.37. The molecule has 0 aliphatic heterocycles. The summed E-state index contributed by atoms with van der Waals surface area (Å²) in [4.78, 5) is 10.0. The van der Waals surface area contributed by atoms with Crippen LogP contribution in [0.25, 0.3) is 0 Å². The molecule has 0 saturated carbocycles. The fourth-order valence-electron chi connectivity index (χ4n) is 1.78. The lowest BCUT2D eigenvalue weighted by Crippen LogP contribution is -2.11. The Morgan fingerprint density at radius 2 is 2.15 bits per heavy atom. The highest BCUT2D eigenvalue weighted by atomic mass is 35.5. The zero-order valence-electron chi connectivity index (χ0n) is 11.3. The first kappa shape index (κ1) is 15.1. The lowest BCUT2D eigenvalue weighted by Gasteiger charge is -2.07. The third-order valence-electron chi connectivity index (χ3n) is 2.64. The second kappa shape index (κ2) is 7.47. The molecule has 1 heterocycles. The number of nitrogens with two attached hydrogens (primary N) is 1. The molecule has 0 radical (unpaired) electrons. The molecule has 0 saturated heterocycles. The molecule has 0 aliphatic rings. The Morgan fingerprint density at radius 1 is 1.30 bits per heavy atom. The average Bonchev–Trinajstić information content (AvgIpc) is 2.45. The van der Waals surface area contributed by atoms with Gasteiger partial charge in [-0.1, -0.05) is 31.0 Å². The Balaban J connectivity index is 2.10. The topological polar surface area (TPSA) is 63.8 Å². The Bertz CT molecular complexity index is 577. The highest BCUT2D eigenvalue weighted by Crippen LogP contribution is 2.24. The molecule has 0 atom stereocenters. The first-order chi connectivity index (χ1) is 9.71. The summed E-state index contributed by atoms with van der Waals surface area (Å²) in [5.74, 6) is 7.56. The Hall–Kier alpha value is -1.30. The highest BCUT2D eigenvalue weighted by molar-refractivity contribution is 7.98. The minimum absolute atomic E-state index is 0.658. The van der Waals surface area contributed by atoms with Crippen LogP contribution in [0.3, 0.4) is 0 Å². The fraction of sp³-hybridized carbons (Fsp3) is 0.286. The summed E-state index contributed by atoms with van der Waals surface area (Å²) in [5, 5.41) is 0.736. The van der Waals surface area contributed by atoms with Crippen LogP contribution in [0.4, 0.5) is 5.82 Å². The maximum Gasteiger partial charge on any atom is 0.143 e. The first-order valence-electron chi connectivity index (χ1n) is 6.43. The van der Waals surface area contributed by atoms with Gasteiger partial charge in [0.1, 0.15) is 11.6 Å². The molecule has 0 aliphatic carbocycles. The van der Waals surface area contributed by atoms with Gasteiger partial charge in [0.05, 0.1) is 5.75 Å². The number of anilines is 1. The van der Waals surface area contributed by atoms with E-state index >= 15 is 0 Å². The van der Waals surface area contributed by atoms with Gasteiger partial charge in [0.2, 0.25) is 0 Å². The molecular weight excluding hydrogens is 292 g/mol. The van der Waals surface area contributed by atoms with Crippen LogP contribution in [-0.2, 0) is 12.2 Å². The number of benzene rings is 1. The molecule has 0 amide bonds. The second-order valence-corrected chi connectivity index (χ2v) is 5.79. The minimum atomic E-state index is 0.658. The van der Waals surface area contributed by atoms with Gasteiger partial charge in [-0.2, -0.15) is 0 Å². The minimum Gasteiger partial charge on any atom is -0.308 e. The van der Waals surface area contributed by atoms with Crippen LogP contribution in [-0.4, -0.2) is 9.97 Å². The molecule has 0 unspecified atom stereocenters. The van der Waals surface area contributed by atoms with Gasteiger partial charge >= 0.3 is 0 Å². The van der Waals surface area contributed by atoms with E-state index in [4.69, 9.17) is 17.4 Å². The lowest BCUT2D eigenvalue weighted by molar-refractivity contribution is 0.854. The summed E-state index contributed by atoms with van der Waals surface area (Å²) >= 11 is 7.63. The summed E-state index contributed by atoms with van der Waals surface area (Å²) in [5.41, 5.74) is 3.60. The van der Waals surface area contributed by atoms with Crippen molar-refractivity contribution in [2.45, 2.75) is 30.4 Å². The van der Waals surface area contributed by atoms with Crippen molar-refractivity contribution in [3.8, 4) is 0 Å². The van der Waals surface area contributed by atoms with E-state index in [1.165, 1.54) is 0 Å². The van der Waals surface area contributed by atoms with Crippen molar-refractivity contribution >= 4 is 29.2 Å². The van der Waals surface area contributed by atoms with Crippen molar-refractivity contribution in [2.24, 2.45) is 5.84 Å². The molecule has 2 aromatic rings. The van der Waals surface area contributed by atoms with Gasteiger partial charge in [0.15, 0.2) is 0 Å². The van der Waals surface area contributed by atoms with Gasteiger partial charge < -0.3 is 5.43 Å². The number of nitrogens with one attached hydrogen (secondary N) is 1. The average molecular weight is 309 g/mol. The van der Waals surface area contributed by atoms with Crippen LogP contribution >= 0.6 is 23.4 Å². The van der Waals surface area contributed by atoms with Crippen LogP contribution < -0.4 is 11.3 Å². The van der Waals surface area contributed by atoms with Crippen molar-refractivity contribution < 1.29 is 0 Å².